The summed E-state index contributed by atoms with van der Waals surface area (Å²) in [5.41, 5.74) is 5.29. The van der Waals surface area contributed by atoms with Gasteiger partial charge in [0.1, 0.15) is 0 Å². The van der Waals surface area contributed by atoms with E-state index in [1.807, 2.05) is 42.5 Å². The van der Waals surface area contributed by atoms with E-state index in [2.05, 4.69) is 50.4 Å². The summed E-state index contributed by atoms with van der Waals surface area (Å²) in [5, 5.41) is 3.63. The number of para-hydroxylation sites is 2. The summed E-state index contributed by atoms with van der Waals surface area (Å²) >= 11 is 6.15. The van der Waals surface area contributed by atoms with E-state index in [4.69, 9.17) is 16.6 Å². The maximum absolute atomic E-state index is 11.4. The second-order valence-electron chi connectivity index (χ2n) is 9.48. The molecule has 1 amide bonds. The molecule has 1 fully saturated rings. The number of nitrogens with zero attached hydrogens (tertiary/aromatic N) is 3. The van der Waals surface area contributed by atoms with Crippen LogP contribution in [0.2, 0.25) is 5.02 Å². The van der Waals surface area contributed by atoms with Gasteiger partial charge in [0, 0.05) is 29.9 Å². The highest BCUT2D eigenvalue weighted by molar-refractivity contribution is 6.30. The van der Waals surface area contributed by atoms with Crippen molar-refractivity contribution >= 4 is 45.9 Å². The molecule has 7 heteroatoms. The van der Waals surface area contributed by atoms with Crippen LogP contribution in [0.3, 0.4) is 0 Å². The van der Waals surface area contributed by atoms with Gasteiger partial charge in [-0.2, -0.15) is 0 Å². The van der Waals surface area contributed by atoms with Crippen molar-refractivity contribution < 1.29 is 4.79 Å². The molecule has 0 atom stereocenters. The zero-order valence-electron chi connectivity index (χ0n) is 20.6. The topological polar surface area (TPSA) is 64.3 Å². The Hall–Kier alpha value is -3.35. The minimum atomic E-state index is -0.0303. The number of H-pyrrole nitrogens is 1. The number of imidazole rings is 1. The van der Waals surface area contributed by atoms with Crippen LogP contribution in [0.1, 0.15) is 37.7 Å². The van der Waals surface area contributed by atoms with Gasteiger partial charge in [0.05, 0.1) is 11.0 Å². The van der Waals surface area contributed by atoms with E-state index in [0.29, 0.717) is 5.92 Å². The Labute approximate surface area is 217 Å². The van der Waals surface area contributed by atoms with E-state index in [-0.39, 0.29) is 5.91 Å². The van der Waals surface area contributed by atoms with Gasteiger partial charge < -0.3 is 20.1 Å². The maximum atomic E-state index is 11.4. The Morgan fingerprint density at radius 2 is 1.86 bits per heavy atom. The Kier molecular flexibility index (Phi) is 7.54. The Morgan fingerprint density at radius 1 is 1.08 bits per heavy atom. The molecule has 0 unspecified atom stereocenters. The third kappa shape index (κ3) is 5.89. The van der Waals surface area contributed by atoms with Gasteiger partial charge in [0.25, 0.3) is 0 Å². The fourth-order valence-electron chi connectivity index (χ4n) is 5.06. The number of amides is 1. The third-order valence-electron chi connectivity index (χ3n) is 6.89. The molecule has 3 aromatic carbocycles. The highest BCUT2D eigenvalue weighted by atomic mass is 35.5. The predicted octanol–water partition coefficient (Wildman–Crippen LogP) is 6.58. The van der Waals surface area contributed by atoms with Crippen molar-refractivity contribution in [3.05, 3.63) is 83.4 Å². The summed E-state index contributed by atoms with van der Waals surface area (Å²) in [7, 11) is 0. The van der Waals surface area contributed by atoms with E-state index in [0.717, 1.165) is 78.8 Å². The predicted molar refractivity (Wildman–Crippen MR) is 148 cm³/mol. The summed E-state index contributed by atoms with van der Waals surface area (Å²) in [5.74, 6) is 1.37. The molecule has 2 heterocycles. The summed E-state index contributed by atoms with van der Waals surface area (Å²) < 4.78 is 0. The normalized spacial score (nSPS) is 14.7. The molecule has 2 N–H and O–H groups in total. The quantitative estimate of drug-likeness (QED) is 0.286. The number of anilines is 3. The summed E-state index contributed by atoms with van der Waals surface area (Å²) in [4.78, 5) is 24.5. The van der Waals surface area contributed by atoms with Gasteiger partial charge in [-0.1, -0.05) is 35.9 Å². The average Bonchev–Trinajstić information content (AvgIpc) is 3.31. The first-order chi connectivity index (χ1) is 17.5. The van der Waals surface area contributed by atoms with Gasteiger partial charge in [-0.05, 0) is 98.9 Å². The molecular weight excluding hydrogens is 470 g/mol. The number of carbonyl (C=O) groups excluding carboxylic acids is 1. The van der Waals surface area contributed by atoms with Crippen LogP contribution in [0.15, 0.2) is 72.8 Å². The highest BCUT2D eigenvalue weighted by Crippen LogP contribution is 2.30. The van der Waals surface area contributed by atoms with E-state index in [1.165, 1.54) is 5.56 Å². The van der Waals surface area contributed by atoms with Crippen molar-refractivity contribution in [3.63, 3.8) is 0 Å². The van der Waals surface area contributed by atoms with Gasteiger partial charge in [0.2, 0.25) is 11.9 Å². The molecule has 6 nitrogen and oxygen atoms in total. The smallest absolute Gasteiger partial charge is 0.221 e. The number of nitrogens with one attached hydrogen (secondary N) is 2. The molecule has 4 aromatic rings. The number of benzene rings is 3. The number of aromatic nitrogens is 2. The zero-order chi connectivity index (χ0) is 24.9. The molecule has 0 saturated carbocycles. The van der Waals surface area contributed by atoms with Crippen LogP contribution >= 0.6 is 11.6 Å². The van der Waals surface area contributed by atoms with Crippen molar-refractivity contribution in [2.75, 3.05) is 36.4 Å². The number of hydrogen-bond donors (Lipinski definition) is 2. The molecule has 0 spiro atoms. The summed E-state index contributed by atoms with van der Waals surface area (Å²) in [6.45, 7) is 5.62. The first-order valence-corrected chi connectivity index (χ1v) is 13.0. The van der Waals surface area contributed by atoms with Gasteiger partial charge in [0.15, 0.2) is 0 Å². The van der Waals surface area contributed by atoms with Crippen LogP contribution in [0.25, 0.3) is 11.0 Å². The fraction of sp³-hybridized carbons (Fsp3) is 0.310. The first kappa shape index (κ1) is 24.3. The fourth-order valence-corrected chi connectivity index (χ4v) is 5.19. The van der Waals surface area contributed by atoms with Crippen LogP contribution in [0.5, 0.6) is 0 Å². The molecule has 1 aliphatic rings. The zero-order valence-corrected chi connectivity index (χ0v) is 21.3. The minimum absolute atomic E-state index is 0.0303. The molecule has 186 valence electrons. The number of halogens is 1. The van der Waals surface area contributed by atoms with Crippen LogP contribution in [0, 0.1) is 0 Å². The second kappa shape index (κ2) is 11.1. The van der Waals surface area contributed by atoms with Gasteiger partial charge >= 0.3 is 0 Å². The maximum Gasteiger partial charge on any atom is 0.221 e. The molecule has 0 bridgehead atoms. The number of carbonyl (C=O) groups is 1. The molecular formula is C29H32ClN5O. The Bertz CT molecular complexity index is 1280. The van der Waals surface area contributed by atoms with E-state index in [1.54, 1.807) is 6.92 Å². The van der Waals surface area contributed by atoms with Crippen LogP contribution in [-0.4, -0.2) is 47.0 Å². The first-order valence-electron chi connectivity index (χ1n) is 12.6. The molecule has 36 heavy (non-hydrogen) atoms. The standard InChI is InChI=1S/C29H32ClN5O/c1-21(36)31-25-7-4-6-23(20-25)22-14-18-34(19-15-22)16-5-17-35(26-12-10-24(30)11-13-26)29-32-27-8-2-3-9-28(27)33-29/h2-4,6-13,20,22H,5,14-19H2,1H3,(H,31,36)(H,32,33). The highest BCUT2D eigenvalue weighted by Gasteiger charge is 2.21. The van der Waals surface area contributed by atoms with Crippen LogP contribution in [0.4, 0.5) is 17.3 Å². The molecule has 1 saturated heterocycles. The van der Waals surface area contributed by atoms with Gasteiger partial charge in [-0.15, -0.1) is 0 Å². The van der Waals surface area contributed by atoms with Crippen LogP contribution < -0.4 is 10.2 Å². The van der Waals surface area contributed by atoms with Gasteiger partial charge in [-0.25, -0.2) is 4.98 Å². The molecule has 0 aliphatic carbocycles. The largest absolute Gasteiger partial charge is 0.326 e. The molecule has 1 aliphatic heterocycles. The number of fused-ring (bicyclic) bond motifs is 1. The van der Waals surface area contributed by atoms with E-state index in [9.17, 15) is 4.79 Å². The minimum Gasteiger partial charge on any atom is -0.326 e. The number of piperidine rings is 1. The van der Waals surface area contributed by atoms with E-state index < -0.39 is 0 Å². The Balaban J connectivity index is 1.19. The third-order valence-corrected chi connectivity index (χ3v) is 7.14. The number of likely N-dealkylation sites (tertiary alicyclic amines) is 1. The number of rotatable bonds is 8. The van der Waals surface area contributed by atoms with Crippen molar-refractivity contribution in [3.8, 4) is 0 Å². The summed E-state index contributed by atoms with van der Waals surface area (Å²) in [6.07, 6.45) is 3.30. The molecule has 5 rings (SSSR count). The number of hydrogen-bond acceptors (Lipinski definition) is 4. The molecule has 0 radical (unpaired) electrons. The van der Waals surface area contributed by atoms with Crippen molar-refractivity contribution in [1.82, 2.24) is 14.9 Å². The number of aromatic amines is 1. The summed E-state index contributed by atoms with van der Waals surface area (Å²) in [6, 6.07) is 24.4. The second-order valence-corrected chi connectivity index (χ2v) is 9.92. The van der Waals surface area contributed by atoms with Crippen molar-refractivity contribution in [1.29, 1.82) is 0 Å². The average molecular weight is 502 g/mol. The molecule has 1 aromatic heterocycles. The Morgan fingerprint density at radius 3 is 2.61 bits per heavy atom. The monoisotopic (exact) mass is 501 g/mol. The van der Waals surface area contributed by atoms with Gasteiger partial charge in [-0.3, -0.25) is 4.79 Å². The lowest BCUT2D eigenvalue weighted by atomic mass is 9.89. The van der Waals surface area contributed by atoms with Crippen molar-refractivity contribution in [2.45, 2.75) is 32.1 Å². The van der Waals surface area contributed by atoms with Crippen LogP contribution in [-0.2, 0) is 4.79 Å². The lowest BCUT2D eigenvalue weighted by molar-refractivity contribution is -0.114. The van der Waals surface area contributed by atoms with E-state index >= 15 is 0 Å². The lowest BCUT2D eigenvalue weighted by Crippen LogP contribution is -2.35. The lowest BCUT2D eigenvalue weighted by Gasteiger charge is -2.33. The SMILES string of the molecule is CC(=O)Nc1cccc(C2CCN(CCCN(c3ccc(Cl)cc3)c3nc4ccccc4[nH]3)CC2)c1. The van der Waals surface area contributed by atoms with Crippen molar-refractivity contribution in [2.24, 2.45) is 0 Å².